The second-order valence-electron chi connectivity index (χ2n) is 14.4. The molecule has 46 heavy (non-hydrogen) atoms. The summed E-state index contributed by atoms with van der Waals surface area (Å²) in [5.74, 6) is 0.0198. The van der Waals surface area contributed by atoms with Crippen LogP contribution >= 0.6 is 0 Å². The SMILES string of the molecule is CCCCCCCCC=CCCCCCCCCCCCCCC(=O)OCCCCCCCCCCCCCCCCCCCO. The van der Waals surface area contributed by atoms with Gasteiger partial charge >= 0.3 is 5.97 Å². The summed E-state index contributed by atoms with van der Waals surface area (Å²) >= 11 is 0. The Morgan fingerprint density at radius 3 is 1.09 bits per heavy atom. The van der Waals surface area contributed by atoms with Gasteiger partial charge in [0, 0.05) is 13.0 Å². The Morgan fingerprint density at radius 1 is 0.413 bits per heavy atom. The van der Waals surface area contributed by atoms with Crippen molar-refractivity contribution in [3.63, 3.8) is 0 Å². The van der Waals surface area contributed by atoms with Crippen LogP contribution in [0.1, 0.15) is 244 Å². The number of hydrogen-bond donors (Lipinski definition) is 1. The number of aliphatic hydroxyl groups excluding tert-OH is 1. The van der Waals surface area contributed by atoms with Crippen LogP contribution in [0.2, 0.25) is 0 Å². The number of aliphatic hydroxyl groups is 1. The highest BCUT2D eigenvalue weighted by Crippen LogP contribution is 2.15. The maximum Gasteiger partial charge on any atom is 0.305 e. The molecule has 0 saturated heterocycles. The van der Waals surface area contributed by atoms with E-state index in [1.807, 2.05) is 0 Å². The fraction of sp³-hybridized carbons (Fsp3) is 0.930. The molecule has 0 amide bonds. The molecular weight excluding hydrogens is 564 g/mol. The van der Waals surface area contributed by atoms with E-state index in [-0.39, 0.29) is 5.97 Å². The molecule has 0 aliphatic rings. The first kappa shape index (κ1) is 45.2. The smallest absolute Gasteiger partial charge is 0.305 e. The van der Waals surface area contributed by atoms with E-state index >= 15 is 0 Å². The van der Waals surface area contributed by atoms with Gasteiger partial charge in [-0.15, -0.1) is 0 Å². The molecule has 1 N–H and O–H groups in total. The highest BCUT2D eigenvalue weighted by Gasteiger charge is 2.03. The van der Waals surface area contributed by atoms with E-state index in [0.29, 0.717) is 19.6 Å². The van der Waals surface area contributed by atoms with Gasteiger partial charge in [0.1, 0.15) is 0 Å². The van der Waals surface area contributed by atoms with Gasteiger partial charge in [0.2, 0.25) is 0 Å². The van der Waals surface area contributed by atoms with Gasteiger partial charge in [-0.05, 0) is 44.9 Å². The Morgan fingerprint density at radius 2 is 0.717 bits per heavy atom. The molecule has 0 aromatic heterocycles. The van der Waals surface area contributed by atoms with E-state index in [2.05, 4.69) is 19.1 Å². The molecule has 0 heterocycles. The Labute approximate surface area is 289 Å². The Hall–Kier alpha value is -0.830. The lowest BCUT2D eigenvalue weighted by Gasteiger charge is -2.06. The van der Waals surface area contributed by atoms with E-state index < -0.39 is 0 Å². The van der Waals surface area contributed by atoms with Gasteiger partial charge in [-0.2, -0.15) is 0 Å². The highest BCUT2D eigenvalue weighted by atomic mass is 16.5. The summed E-state index contributed by atoms with van der Waals surface area (Å²) in [6, 6.07) is 0. The highest BCUT2D eigenvalue weighted by molar-refractivity contribution is 5.69. The zero-order valence-electron chi connectivity index (χ0n) is 31.5. The van der Waals surface area contributed by atoms with Gasteiger partial charge in [0.15, 0.2) is 0 Å². The lowest BCUT2D eigenvalue weighted by Crippen LogP contribution is -2.05. The van der Waals surface area contributed by atoms with Crippen molar-refractivity contribution in [2.45, 2.75) is 244 Å². The molecule has 3 nitrogen and oxygen atoms in total. The van der Waals surface area contributed by atoms with Crippen LogP contribution in [0.3, 0.4) is 0 Å². The summed E-state index contributed by atoms with van der Waals surface area (Å²) in [4.78, 5) is 12.0. The average Bonchev–Trinajstić information content (AvgIpc) is 3.06. The number of allylic oxidation sites excluding steroid dienone is 2. The molecule has 0 bridgehead atoms. The summed E-state index contributed by atoms with van der Waals surface area (Å²) in [5, 5.41) is 8.80. The van der Waals surface area contributed by atoms with Crippen molar-refractivity contribution in [1.82, 2.24) is 0 Å². The third-order valence-electron chi connectivity index (χ3n) is 9.71. The monoisotopic (exact) mass is 649 g/mol. The summed E-state index contributed by atoms with van der Waals surface area (Å²) in [6.07, 6.45) is 53.1. The molecule has 0 aliphatic carbocycles. The molecule has 0 rings (SSSR count). The second-order valence-corrected chi connectivity index (χ2v) is 14.4. The van der Waals surface area contributed by atoms with Crippen molar-refractivity contribution >= 4 is 5.97 Å². The quantitative estimate of drug-likeness (QED) is 0.0408. The third-order valence-corrected chi connectivity index (χ3v) is 9.71. The molecule has 0 spiro atoms. The molecule has 0 unspecified atom stereocenters. The lowest BCUT2D eigenvalue weighted by atomic mass is 10.0. The van der Waals surface area contributed by atoms with Gasteiger partial charge in [0.05, 0.1) is 6.61 Å². The minimum Gasteiger partial charge on any atom is -0.466 e. The van der Waals surface area contributed by atoms with E-state index in [9.17, 15) is 4.79 Å². The van der Waals surface area contributed by atoms with E-state index in [1.54, 1.807) is 0 Å². The van der Waals surface area contributed by atoms with E-state index in [4.69, 9.17) is 9.84 Å². The Kier molecular flexibility index (Phi) is 41.4. The molecule has 0 atom stereocenters. The minimum absolute atomic E-state index is 0.0198. The van der Waals surface area contributed by atoms with Gasteiger partial charge in [-0.1, -0.05) is 205 Å². The number of carbonyl (C=O) groups excluding carboxylic acids is 1. The first-order valence-corrected chi connectivity index (χ1v) is 21.2. The molecule has 274 valence electrons. The summed E-state index contributed by atoms with van der Waals surface area (Å²) in [5.41, 5.74) is 0. The molecule has 0 aliphatic heterocycles. The standard InChI is InChI=1S/C43H84O3/c1-2-3-4-5-6-7-8-9-10-11-12-13-14-16-19-22-25-28-31-34-37-40-43(45)46-42-39-36-33-30-27-24-21-18-15-17-20-23-26-29-32-35-38-41-44/h9-10,44H,2-8,11-42H2,1H3. The van der Waals surface area contributed by atoms with Crippen molar-refractivity contribution in [1.29, 1.82) is 0 Å². The fourth-order valence-electron chi connectivity index (χ4n) is 6.52. The number of esters is 1. The van der Waals surface area contributed by atoms with Crippen LogP contribution in [0.5, 0.6) is 0 Å². The zero-order chi connectivity index (χ0) is 33.3. The third kappa shape index (κ3) is 41.2. The number of carbonyl (C=O) groups is 1. The first-order chi connectivity index (χ1) is 22.8. The molecule has 0 radical (unpaired) electrons. The van der Waals surface area contributed by atoms with E-state index in [1.165, 1.54) is 212 Å². The van der Waals surface area contributed by atoms with Crippen LogP contribution in [0.15, 0.2) is 12.2 Å². The predicted octanol–water partition coefficient (Wildman–Crippen LogP) is 14.5. The first-order valence-electron chi connectivity index (χ1n) is 21.2. The van der Waals surface area contributed by atoms with Crippen molar-refractivity contribution < 1.29 is 14.6 Å². The van der Waals surface area contributed by atoms with Crippen molar-refractivity contribution in [3.05, 3.63) is 12.2 Å². The number of hydrogen-bond acceptors (Lipinski definition) is 3. The molecule has 0 saturated carbocycles. The van der Waals surface area contributed by atoms with Gasteiger partial charge < -0.3 is 9.84 Å². The maximum absolute atomic E-state index is 12.0. The summed E-state index contributed by atoms with van der Waals surface area (Å²) < 4.78 is 5.46. The van der Waals surface area contributed by atoms with Crippen molar-refractivity contribution in [3.8, 4) is 0 Å². The maximum atomic E-state index is 12.0. The molecule has 0 aromatic rings. The molecular formula is C43H84O3. The summed E-state index contributed by atoms with van der Waals surface area (Å²) in [7, 11) is 0. The topological polar surface area (TPSA) is 46.5 Å². The normalized spacial score (nSPS) is 11.6. The van der Waals surface area contributed by atoms with Crippen LogP contribution in [0.4, 0.5) is 0 Å². The van der Waals surface area contributed by atoms with Crippen LogP contribution in [0, 0.1) is 0 Å². The Balaban J connectivity index is 3.17. The Bertz CT molecular complexity index is 587. The van der Waals surface area contributed by atoms with Crippen molar-refractivity contribution in [2.75, 3.05) is 13.2 Å². The van der Waals surface area contributed by atoms with Crippen LogP contribution in [-0.4, -0.2) is 24.3 Å². The van der Waals surface area contributed by atoms with Crippen LogP contribution in [-0.2, 0) is 9.53 Å². The predicted molar refractivity (Wildman–Crippen MR) is 204 cm³/mol. The minimum atomic E-state index is 0.0198. The average molecular weight is 649 g/mol. The molecule has 3 heteroatoms. The van der Waals surface area contributed by atoms with Crippen LogP contribution < -0.4 is 0 Å². The molecule has 0 aromatic carbocycles. The van der Waals surface area contributed by atoms with Crippen molar-refractivity contribution in [2.24, 2.45) is 0 Å². The summed E-state index contributed by atoms with van der Waals surface area (Å²) in [6.45, 7) is 3.27. The second kappa shape index (κ2) is 42.2. The van der Waals surface area contributed by atoms with Gasteiger partial charge in [-0.3, -0.25) is 4.79 Å². The van der Waals surface area contributed by atoms with Gasteiger partial charge in [0.25, 0.3) is 0 Å². The number of unbranched alkanes of at least 4 members (excludes halogenated alkanes) is 33. The number of ether oxygens (including phenoxy) is 1. The fourth-order valence-corrected chi connectivity index (χ4v) is 6.52. The van der Waals surface area contributed by atoms with Crippen LogP contribution in [0.25, 0.3) is 0 Å². The molecule has 0 fully saturated rings. The lowest BCUT2D eigenvalue weighted by molar-refractivity contribution is -0.143. The van der Waals surface area contributed by atoms with Gasteiger partial charge in [-0.25, -0.2) is 0 Å². The number of rotatable bonds is 40. The zero-order valence-corrected chi connectivity index (χ0v) is 31.5. The van der Waals surface area contributed by atoms with E-state index in [0.717, 1.165) is 19.3 Å². The largest absolute Gasteiger partial charge is 0.466 e.